The van der Waals surface area contributed by atoms with Crippen molar-refractivity contribution >= 4 is 17.4 Å². The number of carboxylic acid groups (broad SMARTS) is 1. The Morgan fingerprint density at radius 2 is 1.92 bits per heavy atom. The monoisotopic (exact) mass is 168 g/mol. The van der Waals surface area contributed by atoms with Crippen molar-refractivity contribution in [2.75, 3.05) is 0 Å². The fraction of sp³-hybridized carbons (Fsp3) is 0.625. The van der Waals surface area contributed by atoms with Crippen molar-refractivity contribution in [1.29, 1.82) is 0 Å². The molecule has 1 aliphatic rings. The predicted molar refractivity (Wildman–Crippen MR) is 46.6 cm³/mol. The summed E-state index contributed by atoms with van der Waals surface area (Å²) in [5.41, 5.74) is 1.85. The van der Waals surface area contributed by atoms with Gasteiger partial charge < -0.3 is 5.11 Å². The maximum atomic E-state index is 10.3. The van der Waals surface area contributed by atoms with Crippen molar-refractivity contribution in [3.63, 3.8) is 0 Å². The summed E-state index contributed by atoms with van der Waals surface area (Å²) in [4.78, 5) is 10.3. The van der Waals surface area contributed by atoms with Crippen LogP contribution in [0, 0.1) is 5.92 Å². The Labute approximate surface area is 71.0 Å². The minimum Gasteiger partial charge on any atom is -0.481 e. The van der Waals surface area contributed by atoms with Gasteiger partial charge in [0.15, 0.2) is 0 Å². The molecular formula is C8H12N2O2. The van der Waals surface area contributed by atoms with E-state index in [1.807, 2.05) is 13.8 Å². The molecule has 0 atom stereocenters. The van der Waals surface area contributed by atoms with Gasteiger partial charge in [-0.25, -0.2) is 0 Å². The van der Waals surface area contributed by atoms with Crippen LogP contribution in [0.5, 0.6) is 0 Å². The molecule has 0 radical (unpaired) electrons. The molecule has 1 N–H and O–H groups in total. The number of carboxylic acids is 1. The highest BCUT2D eigenvalue weighted by Crippen LogP contribution is 2.16. The number of carbonyl (C=O) groups is 1. The van der Waals surface area contributed by atoms with Crippen LogP contribution in [0.25, 0.3) is 0 Å². The summed E-state index contributed by atoms with van der Waals surface area (Å²) >= 11 is 0. The van der Waals surface area contributed by atoms with E-state index in [2.05, 4.69) is 10.2 Å². The van der Waals surface area contributed by atoms with Crippen LogP contribution in [0.2, 0.25) is 0 Å². The Balaban J connectivity index is 2.47. The zero-order valence-corrected chi connectivity index (χ0v) is 7.24. The van der Waals surface area contributed by atoms with Crippen molar-refractivity contribution in [3.05, 3.63) is 0 Å². The van der Waals surface area contributed by atoms with Crippen LogP contribution in [-0.2, 0) is 4.79 Å². The van der Waals surface area contributed by atoms with Crippen LogP contribution in [-0.4, -0.2) is 22.5 Å². The molecule has 0 aliphatic carbocycles. The molecule has 1 rings (SSSR count). The van der Waals surface area contributed by atoms with Gasteiger partial charge in [-0.2, -0.15) is 10.2 Å². The van der Waals surface area contributed by atoms with Gasteiger partial charge in [-0.3, -0.25) is 4.79 Å². The van der Waals surface area contributed by atoms with E-state index < -0.39 is 5.97 Å². The summed E-state index contributed by atoms with van der Waals surface area (Å²) in [5, 5.41) is 16.2. The van der Waals surface area contributed by atoms with Crippen LogP contribution < -0.4 is 0 Å². The van der Waals surface area contributed by atoms with Gasteiger partial charge in [0.2, 0.25) is 0 Å². The van der Waals surface area contributed by atoms with Crippen molar-refractivity contribution in [3.8, 4) is 0 Å². The smallest absolute Gasteiger partial charge is 0.303 e. The lowest BCUT2D eigenvalue weighted by atomic mass is 9.95. The fourth-order valence-electron chi connectivity index (χ4n) is 1.29. The van der Waals surface area contributed by atoms with E-state index in [-0.39, 0.29) is 12.3 Å². The highest BCUT2D eigenvalue weighted by atomic mass is 16.4. The van der Waals surface area contributed by atoms with E-state index in [4.69, 9.17) is 5.11 Å². The Bertz CT molecular complexity index is 238. The average Bonchev–Trinajstić information content (AvgIpc) is 2.28. The SMILES string of the molecule is CC1=NN=C(C)C1CCC(=O)O. The Kier molecular flexibility index (Phi) is 2.58. The first-order valence-corrected chi connectivity index (χ1v) is 3.91. The number of nitrogens with zero attached hydrogens (tertiary/aromatic N) is 2. The van der Waals surface area contributed by atoms with Gasteiger partial charge in [-0.15, -0.1) is 0 Å². The molecule has 1 aliphatic heterocycles. The molecule has 4 nitrogen and oxygen atoms in total. The molecule has 0 unspecified atom stereocenters. The van der Waals surface area contributed by atoms with Crippen molar-refractivity contribution < 1.29 is 9.90 Å². The Hall–Kier alpha value is -1.19. The fourth-order valence-corrected chi connectivity index (χ4v) is 1.29. The topological polar surface area (TPSA) is 62.0 Å². The van der Waals surface area contributed by atoms with Gasteiger partial charge in [-0.05, 0) is 20.3 Å². The van der Waals surface area contributed by atoms with E-state index in [1.54, 1.807) is 0 Å². The normalized spacial score (nSPS) is 17.5. The van der Waals surface area contributed by atoms with E-state index >= 15 is 0 Å². The second-order valence-electron chi connectivity index (χ2n) is 2.97. The van der Waals surface area contributed by atoms with E-state index in [9.17, 15) is 4.79 Å². The van der Waals surface area contributed by atoms with Gasteiger partial charge in [0.1, 0.15) is 0 Å². The van der Waals surface area contributed by atoms with Gasteiger partial charge in [0.25, 0.3) is 0 Å². The molecule has 66 valence electrons. The highest BCUT2D eigenvalue weighted by Gasteiger charge is 2.21. The van der Waals surface area contributed by atoms with Gasteiger partial charge in [0.05, 0.1) is 0 Å². The third-order valence-electron chi connectivity index (χ3n) is 2.02. The second-order valence-corrected chi connectivity index (χ2v) is 2.97. The lowest BCUT2D eigenvalue weighted by molar-refractivity contribution is -0.137. The maximum absolute atomic E-state index is 10.3. The number of aliphatic carboxylic acids is 1. The summed E-state index contributed by atoms with van der Waals surface area (Å²) < 4.78 is 0. The van der Waals surface area contributed by atoms with Gasteiger partial charge in [0, 0.05) is 23.8 Å². The van der Waals surface area contributed by atoms with Crippen LogP contribution in [0.3, 0.4) is 0 Å². The summed E-state index contributed by atoms with van der Waals surface area (Å²) in [6, 6.07) is 0. The zero-order valence-electron chi connectivity index (χ0n) is 7.24. The van der Waals surface area contributed by atoms with Crippen LogP contribution >= 0.6 is 0 Å². The number of rotatable bonds is 3. The molecule has 0 saturated heterocycles. The summed E-state index contributed by atoms with van der Waals surface area (Å²) in [6.07, 6.45) is 0.796. The van der Waals surface area contributed by atoms with Crippen LogP contribution in [0.4, 0.5) is 0 Å². The molecule has 4 heteroatoms. The highest BCUT2D eigenvalue weighted by molar-refractivity contribution is 6.08. The number of hydrogen-bond acceptors (Lipinski definition) is 3. The van der Waals surface area contributed by atoms with Gasteiger partial charge in [-0.1, -0.05) is 0 Å². The van der Waals surface area contributed by atoms with Crippen molar-refractivity contribution in [1.82, 2.24) is 0 Å². The first-order chi connectivity index (χ1) is 5.61. The lowest BCUT2D eigenvalue weighted by Crippen LogP contribution is -2.16. The molecule has 0 aromatic heterocycles. The first kappa shape index (κ1) is 8.90. The molecule has 0 aromatic rings. The first-order valence-electron chi connectivity index (χ1n) is 3.91. The molecule has 0 fully saturated rings. The van der Waals surface area contributed by atoms with Crippen molar-refractivity contribution in [2.45, 2.75) is 26.7 Å². The van der Waals surface area contributed by atoms with Crippen LogP contribution in [0.1, 0.15) is 26.7 Å². The van der Waals surface area contributed by atoms with E-state index in [0.717, 1.165) is 11.4 Å². The zero-order chi connectivity index (χ0) is 9.14. The Morgan fingerprint density at radius 1 is 1.42 bits per heavy atom. The lowest BCUT2D eigenvalue weighted by Gasteiger charge is -2.07. The Morgan fingerprint density at radius 3 is 2.33 bits per heavy atom. The van der Waals surface area contributed by atoms with Crippen molar-refractivity contribution in [2.24, 2.45) is 16.1 Å². The number of hydrogen-bond donors (Lipinski definition) is 1. The van der Waals surface area contributed by atoms with E-state index in [0.29, 0.717) is 6.42 Å². The molecule has 0 spiro atoms. The summed E-state index contributed by atoms with van der Waals surface area (Å²) in [7, 11) is 0. The van der Waals surface area contributed by atoms with E-state index in [1.165, 1.54) is 0 Å². The molecule has 12 heavy (non-hydrogen) atoms. The molecule has 1 heterocycles. The summed E-state index contributed by atoms with van der Waals surface area (Å²) in [5.74, 6) is -0.608. The molecule has 0 saturated carbocycles. The minimum atomic E-state index is -0.762. The molecule has 0 amide bonds. The second kappa shape index (κ2) is 3.47. The minimum absolute atomic E-state index is 0.154. The summed E-state index contributed by atoms with van der Waals surface area (Å²) in [6.45, 7) is 3.76. The third kappa shape index (κ3) is 1.90. The predicted octanol–water partition coefficient (Wildman–Crippen LogP) is 1.32. The maximum Gasteiger partial charge on any atom is 0.303 e. The van der Waals surface area contributed by atoms with Crippen LogP contribution in [0.15, 0.2) is 10.2 Å². The molecule has 0 bridgehead atoms. The molecule has 0 aromatic carbocycles. The standard InChI is InChI=1S/C8H12N2O2/c1-5-7(3-4-8(11)12)6(2)10-9-5/h7H,3-4H2,1-2H3,(H,11,12). The largest absolute Gasteiger partial charge is 0.481 e. The third-order valence-corrected chi connectivity index (χ3v) is 2.02. The molecular weight excluding hydrogens is 156 g/mol. The quantitative estimate of drug-likeness (QED) is 0.690. The average molecular weight is 168 g/mol. The van der Waals surface area contributed by atoms with Gasteiger partial charge >= 0.3 is 5.97 Å².